The number of hydrogen-bond acceptors (Lipinski definition) is 5. The molecule has 2 rings (SSSR count). The molecular formula is C15H18ClN3O3. The number of hydrogen-bond donors (Lipinski definition) is 1. The molecule has 0 aliphatic heterocycles. The number of benzene rings is 1. The van der Waals surface area contributed by atoms with E-state index >= 15 is 0 Å². The molecule has 0 aliphatic rings. The number of esters is 1. The molecule has 0 saturated carbocycles. The summed E-state index contributed by atoms with van der Waals surface area (Å²) in [5.41, 5.74) is 7.65. The third-order valence-corrected chi connectivity index (χ3v) is 3.43. The van der Waals surface area contributed by atoms with Crippen LogP contribution in [0, 0.1) is 0 Å². The van der Waals surface area contributed by atoms with Crippen LogP contribution in [0.1, 0.15) is 11.1 Å². The van der Waals surface area contributed by atoms with Crippen molar-refractivity contribution in [3.8, 4) is 5.75 Å². The fraction of sp³-hybridized carbons (Fsp3) is 0.333. The summed E-state index contributed by atoms with van der Waals surface area (Å²) in [7, 11) is 2.93. The van der Waals surface area contributed by atoms with Crippen LogP contribution in [0.5, 0.6) is 5.75 Å². The topological polar surface area (TPSA) is 79.4 Å². The van der Waals surface area contributed by atoms with Crippen molar-refractivity contribution in [2.24, 2.45) is 5.73 Å². The Morgan fingerprint density at radius 3 is 2.82 bits per heavy atom. The first-order valence-corrected chi connectivity index (χ1v) is 7.08. The lowest BCUT2D eigenvalue weighted by Gasteiger charge is -2.13. The molecule has 0 aliphatic carbocycles. The highest BCUT2D eigenvalue weighted by molar-refractivity contribution is 6.30. The Hall–Kier alpha value is -2.05. The molecule has 118 valence electrons. The monoisotopic (exact) mass is 323 g/mol. The Kier molecular flexibility index (Phi) is 5.41. The Morgan fingerprint density at radius 2 is 2.23 bits per heavy atom. The summed E-state index contributed by atoms with van der Waals surface area (Å²) in [5.74, 6) is 0.304. The first-order valence-electron chi connectivity index (χ1n) is 6.70. The number of rotatable bonds is 6. The van der Waals surface area contributed by atoms with Crippen molar-refractivity contribution in [2.45, 2.75) is 19.0 Å². The highest BCUT2D eigenvalue weighted by Crippen LogP contribution is 2.22. The average molecular weight is 324 g/mol. The summed E-state index contributed by atoms with van der Waals surface area (Å²) in [6.07, 6.45) is 3.70. The van der Waals surface area contributed by atoms with E-state index < -0.39 is 12.0 Å². The molecule has 0 fully saturated rings. The molecule has 2 N–H and O–H groups in total. The molecule has 7 heteroatoms. The minimum atomic E-state index is -0.689. The van der Waals surface area contributed by atoms with Crippen LogP contribution < -0.4 is 10.5 Å². The molecule has 6 nitrogen and oxygen atoms in total. The zero-order valence-corrected chi connectivity index (χ0v) is 13.2. The quantitative estimate of drug-likeness (QED) is 0.817. The second kappa shape index (κ2) is 7.29. The van der Waals surface area contributed by atoms with E-state index in [0.29, 0.717) is 18.0 Å². The first kappa shape index (κ1) is 16.3. The van der Waals surface area contributed by atoms with Crippen LogP contribution >= 0.6 is 11.6 Å². The minimum Gasteiger partial charge on any atom is -0.496 e. The van der Waals surface area contributed by atoms with Crippen molar-refractivity contribution in [3.05, 3.63) is 46.7 Å². The van der Waals surface area contributed by atoms with Gasteiger partial charge in [-0.15, -0.1) is 0 Å². The number of nitrogens with zero attached hydrogens (tertiary/aromatic N) is 2. The fourth-order valence-corrected chi connectivity index (χ4v) is 2.33. The number of nitrogens with two attached hydrogens (primary N) is 1. The lowest BCUT2D eigenvalue weighted by Crippen LogP contribution is -2.33. The summed E-state index contributed by atoms with van der Waals surface area (Å²) < 4.78 is 11.7. The maximum atomic E-state index is 11.4. The minimum absolute atomic E-state index is 0.392. The standard InChI is InChI=1S/C15H18ClN3O3/c1-21-14-4-3-10(6-13(17)15(20)22-2)5-11(14)8-19-9-12(16)7-18-19/h3-5,7,9,13H,6,8,17H2,1-2H3. The van der Waals surface area contributed by atoms with Gasteiger partial charge in [-0.3, -0.25) is 9.48 Å². The van der Waals surface area contributed by atoms with E-state index in [4.69, 9.17) is 22.1 Å². The summed E-state index contributed by atoms with van der Waals surface area (Å²) in [6.45, 7) is 0.511. The Morgan fingerprint density at radius 1 is 1.45 bits per heavy atom. The number of ether oxygens (including phenoxy) is 2. The molecule has 22 heavy (non-hydrogen) atoms. The van der Waals surface area contributed by atoms with Gasteiger partial charge in [-0.2, -0.15) is 5.10 Å². The van der Waals surface area contributed by atoms with Crippen molar-refractivity contribution < 1.29 is 14.3 Å². The first-order chi connectivity index (χ1) is 10.5. The fourth-order valence-electron chi connectivity index (χ4n) is 2.17. The summed E-state index contributed by atoms with van der Waals surface area (Å²) in [4.78, 5) is 11.4. The van der Waals surface area contributed by atoms with Gasteiger partial charge in [-0.25, -0.2) is 0 Å². The third kappa shape index (κ3) is 3.99. The maximum Gasteiger partial charge on any atom is 0.322 e. The SMILES string of the molecule is COC(=O)C(N)Cc1ccc(OC)c(Cn2cc(Cl)cn2)c1. The molecule has 1 unspecified atom stereocenters. The van der Waals surface area contributed by atoms with Gasteiger partial charge < -0.3 is 15.2 Å². The lowest BCUT2D eigenvalue weighted by atomic mass is 10.0. The predicted octanol–water partition coefficient (Wildman–Crippen LogP) is 1.64. The van der Waals surface area contributed by atoms with E-state index in [1.54, 1.807) is 24.2 Å². The van der Waals surface area contributed by atoms with E-state index in [9.17, 15) is 4.79 Å². The second-order valence-corrected chi connectivity index (χ2v) is 5.27. The number of halogens is 1. The molecule has 1 aromatic carbocycles. The van der Waals surface area contributed by atoms with Gasteiger partial charge in [0.15, 0.2) is 0 Å². The predicted molar refractivity (Wildman–Crippen MR) is 83.0 cm³/mol. The van der Waals surface area contributed by atoms with Gasteiger partial charge in [0.05, 0.1) is 32.0 Å². The van der Waals surface area contributed by atoms with E-state index in [2.05, 4.69) is 9.84 Å². The summed E-state index contributed by atoms with van der Waals surface area (Å²) >= 11 is 5.87. The van der Waals surface area contributed by atoms with Crippen LogP contribution in [0.25, 0.3) is 0 Å². The van der Waals surface area contributed by atoms with Crippen molar-refractivity contribution in [1.82, 2.24) is 9.78 Å². The largest absolute Gasteiger partial charge is 0.496 e. The van der Waals surface area contributed by atoms with Gasteiger partial charge in [0.2, 0.25) is 0 Å². The number of aromatic nitrogens is 2. The van der Waals surface area contributed by atoms with Crippen molar-refractivity contribution >= 4 is 17.6 Å². The van der Waals surface area contributed by atoms with Crippen LogP contribution in [-0.2, 0) is 22.5 Å². The van der Waals surface area contributed by atoms with Crippen LogP contribution in [0.15, 0.2) is 30.6 Å². The molecule has 1 heterocycles. The summed E-state index contributed by atoms with van der Waals surface area (Å²) in [5, 5.41) is 4.72. The van der Waals surface area contributed by atoms with Crippen LogP contribution in [0.4, 0.5) is 0 Å². The lowest BCUT2D eigenvalue weighted by molar-refractivity contribution is -0.142. The van der Waals surface area contributed by atoms with Gasteiger partial charge in [-0.05, 0) is 18.1 Å². The number of carbonyl (C=O) groups excluding carboxylic acids is 1. The third-order valence-electron chi connectivity index (χ3n) is 3.24. The van der Waals surface area contributed by atoms with Crippen LogP contribution in [-0.4, -0.2) is 36.0 Å². The van der Waals surface area contributed by atoms with Crippen molar-refractivity contribution in [1.29, 1.82) is 0 Å². The van der Waals surface area contributed by atoms with Gasteiger partial charge in [0, 0.05) is 11.8 Å². The smallest absolute Gasteiger partial charge is 0.322 e. The molecule has 0 bridgehead atoms. The van der Waals surface area contributed by atoms with E-state index in [-0.39, 0.29) is 0 Å². The van der Waals surface area contributed by atoms with E-state index in [0.717, 1.165) is 16.9 Å². The number of methoxy groups -OCH3 is 2. The average Bonchev–Trinajstić information content (AvgIpc) is 2.91. The Bertz CT molecular complexity index is 657. The molecule has 1 aromatic heterocycles. The molecule has 0 amide bonds. The molecule has 2 aromatic rings. The van der Waals surface area contributed by atoms with Gasteiger partial charge >= 0.3 is 5.97 Å². The summed E-state index contributed by atoms with van der Waals surface area (Å²) in [6, 6.07) is 4.98. The molecule has 0 spiro atoms. The van der Waals surface area contributed by atoms with Gasteiger partial charge in [0.25, 0.3) is 0 Å². The highest BCUT2D eigenvalue weighted by Gasteiger charge is 2.15. The highest BCUT2D eigenvalue weighted by atomic mass is 35.5. The van der Waals surface area contributed by atoms with Crippen LogP contribution in [0.3, 0.4) is 0 Å². The Labute approximate surface area is 133 Å². The van der Waals surface area contributed by atoms with Crippen molar-refractivity contribution in [2.75, 3.05) is 14.2 Å². The van der Waals surface area contributed by atoms with Crippen molar-refractivity contribution in [3.63, 3.8) is 0 Å². The second-order valence-electron chi connectivity index (χ2n) is 4.84. The van der Waals surface area contributed by atoms with E-state index in [1.165, 1.54) is 7.11 Å². The molecule has 0 radical (unpaired) electrons. The van der Waals surface area contributed by atoms with Gasteiger partial charge in [0.1, 0.15) is 11.8 Å². The number of carbonyl (C=O) groups is 1. The molecular weight excluding hydrogens is 306 g/mol. The van der Waals surface area contributed by atoms with E-state index in [1.807, 2.05) is 18.2 Å². The zero-order chi connectivity index (χ0) is 16.1. The molecule has 1 atom stereocenters. The maximum absolute atomic E-state index is 11.4. The Balaban J connectivity index is 2.20. The normalized spacial score (nSPS) is 12.0. The zero-order valence-electron chi connectivity index (χ0n) is 12.5. The van der Waals surface area contributed by atoms with Crippen LogP contribution in [0.2, 0.25) is 5.02 Å². The van der Waals surface area contributed by atoms with Gasteiger partial charge in [-0.1, -0.05) is 23.7 Å². The molecule has 0 saturated heterocycles.